The van der Waals surface area contributed by atoms with Crippen LogP contribution in [-0.2, 0) is 4.74 Å². The first-order chi connectivity index (χ1) is 9.10. The monoisotopic (exact) mass is 281 g/mol. The van der Waals surface area contributed by atoms with E-state index >= 15 is 0 Å². The van der Waals surface area contributed by atoms with Gasteiger partial charge in [-0.2, -0.15) is 0 Å². The molecule has 2 heteroatoms. The van der Waals surface area contributed by atoms with Gasteiger partial charge in [0.1, 0.15) is 0 Å². The van der Waals surface area contributed by atoms with Crippen LogP contribution in [0.25, 0.3) is 0 Å². The van der Waals surface area contributed by atoms with Crippen LogP contribution in [-0.4, -0.2) is 20.6 Å². The second-order valence-corrected chi connectivity index (χ2v) is 6.52. The smallest absolute Gasteiger partial charge is 0.0626 e. The lowest BCUT2D eigenvalue weighted by Crippen LogP contribution is -2.22. The summed E-state index contributed by atoms with van der Waals surface area (Å²) in [5.74, 6) is 1.03. The van der Waals surface area contributed by atoms with E-state index in [4.69, 9.17) is 4.74 Å². The highest BCUT2D eigenvalue weighted by atomic mass is 16.5. The Morgan fingerprint density at radius 1 is 0.800 bits per heavy atom. The Hall–Kier alpha value is 0.0249. The van der Waals surface area contributed by atoms with E-state index in [1.54, 1.807) is 0 Å². The molecule has 1 nitrogen and oxygen atoms in total. The summed E-state index contributed by atoms with van der Waals surface area (Å²) in [5.41, 5.74) is 0.163. The number of ether oxygens (including phenoxy) is 1. The molecule has 0 spiro atoms. The molecular weight excluding hydrogens is 243 g/mol. The SMILES string of the molecule is CC.CC1(C)CCCCCO1.CC1CCCCCC1.[B]. The van der Waals surface area contributed by atoms with Crippen molar-refractivity contribution < 1.29 is 4.74 Å². The van der Waals surface area contributed by atoms with Gasteiger partial charge in [-0.1, -0.05) is 72.1 Å². The van der Waals surface area contributed by atoms with E-state index in [0.717, 1.165) is 12.5 Å². The molecule has 1 aliphatic carbocycles. The molecule has 0 unspecified atom stereocenters. The van der Waals surface area contributed by atoms with Gasteiger partial charge in [0.2, 0.25) is 0 Å². The minimum Gasteiger partial charge on any atom is -0.376 e. The molecule has 1 aliphatic heterocycles. The number of hydrogen-bond donors (Lipinski definition) is 0. The topological polar surface area (TPSA) is 9.23 Å². The summed E-state index contributed by atoms with van der Waals surface area (Å²) in [6.45, 7) is 11.7. The summed E-state index contributed by atoms with van der Waals surface area (Å²) in [7, 11) is 0. The fourth-order valence-corrected chi connectivity index (χ4v) is 2.73. The van der Waals surface area contributed by atoms with Crippen LogP contribution in [0.15, 0.2) is 0 Å². The molecule has 3 radical (unpaired) electrons. The van der Waals surface area contributed by atoms with Crippen molar-refractivity contribution in [1.29, 1.82) is 0 Å². The molecule has 2 fully saturated rings. The van der Waals surface area contributed by atoms with Gasteiger partial charge in [-0.3, -0.25) is 0 Å². The Balaban J connectivity index is 0. The minimum absolute atomic E-state index is 0. The Kier molecular flexibility index (Phi) is 15.6. The van der Waals surface area contributed by atoms with Gasteiger partial charge in [-0.15, -0.1) is 0 Å². The fourth-order valence-electron chi connectivity index (χ4n) is 2.73. The molecule has 119 valence electrons. The molecular formula is C18H38BO. The van der Waals surface area contributed by atoms with E-state index in [-0.39, 0.29) is 14.0 Å². The van der Waals surface area contributed by atoms with Crippen LogP contribution in [0.1, 0.15) is 98.8 Å². The highest BCUT2D eigenvalue weighted by molar-refractivity contribution is 5.75. The van der Waals surface area contributed by atoms with E-state index in [1.165, 1.54) is 64.2 Å². The first-order valence-electron chi connectivity index (χ1n) is 8.74. The molecule has 2 aliphatic rings. The molecule has 0 aromatic rings. The zero-order valence-corrected chi connectivity index (χ0v) is 14.8. The molecule has 0 bridgehead atoms. The van der Waals surface area contributed by atoms with Crippen LogP contribution < -0.4 is 0 Å². The van der Waals surface area contributed by atoms with Crippen LogP contribution >= 0.6 is 0 Å². The van der Waals surface area contributed by atoms with Gasteiger partial charge in [-0.05, 0) is 32.6 Å². The number of rotatable bonds is 0. The van der Waals surface area contributed by atoms with E-state index in [9.17, 15) is 0 Å². The second-order valence-electron chi connectivity index (χ2n) is 6.52. The van der Waals surface area contributed by atoms with Crippen LogP contribution in [0.3, 0.4) is 0 Å². The van der Waals surface area contributed by atoms with Crippen LogP contribution in [0.4, 0.5) is 0 Å². The Morgan fingerprint density at radius 3 is 1.85 bits per heavy atom. The van der Waals surface area contributed by atoms with E-state index in [0.29, 0.717) is 0 Å². The van der Waals surface area contributed by atoms with Crippen molar-refractivity contribution in [3.05, 3.63) is 0 Å². The van der Waals surface area contributed by atoms with Gasteiger partial charge in [-0.25, -0.2) is 0 Å². The Bertz CT molecular complexity index is 174. The van der Waals surface area contributed by atoms with Crippen molar-refractivity contribution >= 4 is 8.41 Å². The molecule has 1 saturated carbocycles. The first-order valence-corrected chi connectivity index (χ1v) is 8.74. The average molecular weight is 281 g/mol. The predicted octanol–water partition coefficient (Wildman–Crippen LogP) is 5.98. The van der Waals surface area contributed by atoms with Crippen molar-refractivity contribution in [3.63, 3.8) is 0 Å². The molecule has 0 aromatic heterocycles. The molecule has 0 amide bonds. The van der Waals surface area contributed by atoms with Crippen molar-refractivity contribution in [2.24, 2.45) is 5.92 Å². The minimum atomic E-state index is 0. The van der Waals surface area contributed by atoms with Crippen LogP contribution in [0, 0.1) is 5.92 Å². The van der Waals surface area contributed by atoms with Crippen molar-refractivity contribution in [1.82, 2.24) is 0 Å². The largest absolute Gasteiger partial charge is 0.376 e. The Labute approximate surface area is 130 Å². The summed E-state index contributed by atoms with van der Waals surface area (Å²) in [6, 6.07) is 0. The molecule has 1 saturated heterocycles. The average Bonchev–Trinajstić information content (AvgIpc) is 2.74. The molecule has 1 heterocycles. The lowest BCUT2D eigenvalue weighted by molar-refractivity contribution is -0.0130. The maximum absolute atomic E-state index is 5.59. The predicted molar refractivity (Wildman–Crippen MR) is 92.5 cm³/mol. The third-order valence-corrected chi connectivity index (χ3v) is 4.06. The summed E-state index contributed by atoms with van der Waals surface area (Å²) < 4.78 is 5.59. The first kappa shape index (κ1) is 22.3. The summed E-state index contributed by atoms with van der Waals surface area (Å²) in [5, 5.41) is 0. The molecule has 0 aromatic carbocycles. The maximum atomic E-state index is 5.59. The third kappa shape index (κ3) is 13.0. The van der Waals surface area contributed by atoms with Gasteiger partial charge in [0.05, 0.1) is 5.60 Å². The van der Waals surface area contributed by atoms with Crippen LogP contribution in [0.2, 0.25) is 0 Å². The van der Waals surface area contributed by atoms with Crippen molar-refractivity contribution in [2.75, 3.05) is 6.61 Å². The zero-order chi connectivity index (χ0) is 14.6. The molecule has 0 N–H and O–H groups in total. The van der Waals surface area contributed by atoms with Crippen LogP contribution in [0.5, 0.6) is 0 Å². The maximum Gasteiger partial charge on any atom is 0.0626 e. The highest BCUT2D eigenvalue weighted by Gasteiger charge is 2.19. The molecule has 20 heavy (non-hydrogen) atoms. The van der Waals surface area contributed by atoms with Gasteiger partial charge >= 0.3 is 0 Å². The molecule has 2 rings (SSSR count). The summed E-state index contributed by atoms with van der Waals surface area (Å²) >= 11 is 0. The summed E-state index contributed by atoms with van der Waals surface area (Å²) in [6.07, 6.45) is 14.1. The third-order valence-electron chi connectivity index (χ3n) is 4.06. The van der Waals surface area contributed by atoms with Crippen molar-refractivity contribution in [3.8, 4) is 0 Å². The lowest BCUT2D eigenvalue weighted by atomic mass is 10.0. The van der Waals surface area contributed by atoms with E-state index < -0.39 is 0 Å². The standard InChI is InChI=1S/C8H16O.C8H16.C2H6.B/c1-8(2)6-4-3-5-7-9-8;1-8-6-4-2-3-5-7-8;1-2;/h3-7H2,1-2H3;8H,2-7H2,1H3;1-2H3;. The molecule has 0 atom stereocenters. The van der Waals surface area contributed by atoms with Gasteiger partial charge in [0, 0.05) is 15.0 Å². The number of hydrogen-bond acceptors (Lipinski definition) is 1. The quantitative estimate of drug-likeness (QED) is 0.392. The normalized spacial score (nSPS) is 22.6. The second kappa shape index (κ2) is 14.0. The fraction of sp³-hybridized carbons (Fsp3) is 1.00. The zero-order valence-electron chi connectivity index (χ0n) is 14.8. The van der Waals surface area contributed by atoms with E-state index in [1.807, 2.05) is 13.8 Å². The van der Waals surface area contributed by atoms with Gasteiger partial charge < -0.3 is 4.74 Å². The van der Waals surface area contributed by atoms with Crippen molar-refractivity contribution in [2.45, 2.75) is 104 Å². The highest BCUT2D eigenvalue weighted by Crippen LogP contribution is 2.22. The van der Waals surface area contributed by atoms with Gasteiger partial charge in [0.25, 0.3) is 0 Å². The van der Waals surface area contributed by atoms with Gasteiger partial charge in [0.15, 0.2) is 0 Å². The lowest BCUT2D eigenvalue weighted by Gasteiger charge is -2.21. The Morgan fingerprint density at radius 2 is 1.30 bits per heavy atom. The summed E-state index contributed by atoms with van der Waals surface area (Å²) in [4.78, 5) is 0. The van der Waals surface area contributed by atoms with E-state index in [2.05, 4.69) is 20.8 Å².